The van der Waals surface area contributed by atoms with Crippen LogP contribution < -0.4 is 19.1 Å². The minimum atomic E-state index is -0.512. The number of hydrogen-bond acceptors (Lipinski definition) is 8. The van der Waals surface area contributed by atoms with Gasteiger partial charge in [-0.1, -0.05) is 35.9 Å². The summed E-state index contributed by atoms with van der Waals surface area (Å²) in [6.45, 7) is 6.20. The van der Waals surface area contributed by atoms with Gasteiger partial charge in [0.25, 0.3) is 0 Å². The van der Waals surface area contributed by atoms with E-state index in [-0.39, 0.29) is 17.9 Å². The highest BCUT2D eigenvalue weighted by molar-refractivity contribution is 6.30. The normalized spacial score (nSPS) is 16.9. The van der Waals surface area contributed by atoms with Crippen molar-refractivity contribution in [1.82, 2.24) is 14.5 Å². The van der Waals surface area contributed by atoms with Gasteiger partial charge in [0.15, 0.2) is 0 Å². The zero-order chi connectivity index (χ0) is 28.9. The third-order valence-electron chi connectivity index (χ3n) is 7.51. The molecule has 1 saturated heterocycles. The number of piperazine rings is 1. The molecule has 1 fully saturated rings. The Bertz CT molecular complexity index is 1500. The molecule has 0 amide bonds. The fourth-order valence-corrected chi connectivity index (χ4v) is 5.31. The van der Waals surface area contributed by atoms with E-state index in [1.54, 1.807) is 4.57 Å². The lowest BCUT2D eigenvalue weighted by atomic mass is 10.1. The minimum absolute atomic E-state index is 0.201. The standard InChI is InChI=1S/C31H32ClN5O5/c32-25-6-4-23(5-7-25)21-40-28-3-1-2-24(18-28)19-34-14-16-35(17-15-34)26-8-10-27(11-9-26)41-22-29-12-13-36-20-30(37(38)39)33-31(36)42-29/h1-11,18,20,29H,12-17,19,21-22H2/t29-/m0/s1. The predicted molar refractivity (Wildman–Crippen MR) is 160 cm³/mol. The summed E-state index contributed by atoms with van der Waals surface area (Å²) in [5.74, 6) is 1.43. The maximum absolute atomic E-state index is 11.0. The molecule has 0 spiro atoms. The highest BCUT2D eigenvalue weighted by atomic mass is 35.5. The average molecular weight is 590 g/mol. The number of ether oxygens (including phenoxy) is 3. The molecule has 3 heterocycles. The molecule has 0 aliphatic carbocycles. The van der Waals surface area contributed by atoms with Crippen molar-refractivity contribution in [1.29, 1.82) is 0 Å². The van der Waals surface area contributed by atoms with Crippen LogP contribution >= 0.6 is 11.6 Å². The van der Waals surface area contributed by atoms with E-state index in [0.717, 1.165) is 54.8 Å². The van der Waals surface area contributed by atoms with Crippen LogP contribution in [0.1, 0.15) is 17.5 Å². The second kappa shape index (κ2) is 12.7. The summed E-state index contributed by atoms with van der Waals surface area (Å²) in [6, 6.07) is 24.4. The predicted octanol–water partition coefficient (Wildman–Crippen LogP) is 5.58. The van der Waals surface area contributed by atoms with Crippen molar-refractivity contribution in [2.45, 2.75) is 32.2 Å². The Hall–Kier alpha value is -4.28. The summed E-state index contributed by atoms with van der Waals surface area (Å²) >= 11 is 5.97. The maximum Gasteiger partial charge on any atom is 0.414 e. The Balaban J connectivity index is 0.942. The van der Waals surface area contributed by atoms with Crippen molar-refractivity contribution >= 4 is 23.1 Å². The molecule has 0 unspecified atom stereocenters. The average Bonchev–Trinajstić information content (AvgIpc) is 3.45. The van der Waals surface area contributed by atoms with Crippen molar-refractivity contribution in [3.8, 4) is 17.5 Å². The Labute approximate surface area is 249 Å². The van der Waals surface area contributed by atoms with Crippen LogP contribution in [0.3, 0.4) is 0 Å². The minimum Gasteiger partial charge on any atom is -0.490 e. The van der Waals surface area contributed by atoms with Crippen LogP contribution in [0.4, 0.5) is 11.5 Å². The Morgan fingerprint density at radius 1 is 0.929 bits per heavy atom. The lowest BCUT2D eigenvalue weighted by Gasteiger charge is -2.36. The van der Waals surface area contributed by atoms with Gasteiger partial charge in [0, 0.05) is 61.4 Å². The molecule has 1 atom stereocenters. The maximum atomic E-state index is 11.0. The Morgan fingerprint density at radius 2 is 1.71 bits per heavy atom. The molecule has 42 heavy (non-hydrogen) atoms. The molecule has 4 aromatic rings. The van der Waals surface area contributed by atoms with Crippen molar-refractivity contribution in [2.75, 3.05) is 37.7 Å². The monoisotopic (exact) mass is 589 g/mol. The molecule has 1 aromatic heterocycles. The number of nitrogens with zero attached hydrogens (tertiary/aromatic N) is 5. The van der Waals surface area contributed by atoms with Gasteiger partial charge in [-0.2, -0.15) is 0 Å². The number of nitro groups is 1. The topological polar surface area (TPSA) is 95.1 Å². The first-order valence-electron chi connectivity index (χ1n) is 14.0. The number of anilines is 1. The molecule has 0 N–H and O–H groups in total. The van der Waals surface area contributed by atoms with Gasteiger partial charge in [-0.3, -0.25) is 9.47 Å². The van der Waals surface area contributed by atoms with Crippen LogP contribution in [-0.2, 0) is 19.7 Å². The largest absolute Gasteiger partial charge is 0.490 e. The molecular formula is C31H32ClN5O5. The SMILES string of the molecule is O=[N+]([O-])c1cn2c(n1)O[C@H](COc1ccc(N3CCN(Cc4cccc(OCc5ccc(Cl)cc5)c4)CC3)cc1)CC2. The zero-order valence-electron chi connectivity index (χ0n) is 23.1. The van der Waals surface area contributed by atoms with Gasteiger partial charge in [0.05, 0.1) is 0 Å². The van der Waals surface area contributed by atoms with Crippen molar-refractivity contribution < 1.29 is 19.1 Å². The molecule has 0 saturated carbocycles. The summed E-state index contributed by atoms with van der Waals surface area (Å²) in [4.78, 5) is 19.2. The molecular weight excluding hydrogens is 558 g/mol. The number of imidazole rings is 1. The number of halogens is 1. The van der Waals surface area contributed by atoms with E-state index in [1.165, 1.54) is 17.4 Å². The number of hydrogen-bond donors (Lipinski definition) is 0. The van der Waals surface area contributed by atoms with Crippen molar-refractivity contribution in [3.05, 3.63) is 105 Å². The number of aryl methyl sites for hydroxylation is 1. The van der Waals surface area contributed by atoms with E-state index < -0.39 is 4.92 Å². The van der Waals surface area contributed by atoms with Gasteiger partial charge in [0.2, 0.25) is 0 Å². The van der Waals surface area contributed by atoms with Crippen LogP contribution in [0.5, 0.6) is 17.5 Å². The highest BCUT2D eigenvalue weighted by Gasteiger charge is 2.28. The fourth-order valence-electron chi connectivity index (χ4n) is 5.18. The lowest BCUT2D eigenvalue weighted by Crippen LogP contribution is -2.45. The van der Waals surface area contributed by atoms with Crippen LogP contribution in [0.25, 0.3) is 0 Å². The molecule has 218 valence electrons. The summed E-state index contributed by atoms with van der Waals surface area (Å²) < 4.78 is 19.4. The molecule has 11 heteroatoms. The first-order chi connectivity index (χ1) is 20.5. The molecule has 2 aliphatic rings. The van der Waals surface area contributed by atoms with Gasteiger partial charge in [-0.05, 0) is 64.6 Å². The number of fused-ring (bicyclic) bond motifs is 1. The Morgan fingerprint density at radius 3 is 2.48 bits per heavy atom. The van der Waals surface area contributed by atoms with Gasteiger partial charge >= 0.3 is 11.8 Å². The number of rotatable bonds is 10. The van der Waals surface area contributed by atoms with E-state index in [0.29, 0.717) is 26.2 Å². The first-order valence-corrected chi connectivity index (χ1v) is 14.4. The summed E-state index contributed by atoms with van der Waals surface area (Å²) in [5, 5.41) is 11.7. The molecule has 0 radical (unpaired) electrons. The smallest absolute Gasteiger partial charge is 0.414 e. The lowest BCUT2D eigenvalue weighted by molar-refractivity contribution is -0.389. The van der Waals surface area contributed by atoms with Crippen molar-refractivity contribution in [2.24, 2.45) is 0 Å². The number of aromatic nitrogens is 2. The zero-order valence-corrected chi connectivity index (χ0v) is 23.9. The molecule has 10 nitrogen and oxygen atoms in total. The third kappa shape index (κ3) is 6.95. The van der Waals surface area contributed by atoms with Crippen LogP contribution in [-0.4, -0.2) is 58.3 Å². The van der Waals surface area contributed by atoms with Gasteiger partial charge in [-0.25, -0.2) is 0 Å². The second-order valence-electron chi connectivity index (χ2n) is 10.5. The van der Waals surface area contributed by atoms with E-state index in [9.17, 15) is 10.1 Å². The van der Waals surface area contributed by atoms with E-state index in [1.807, 2.05) is 48.5 Å². The molecule has 0 bridgehead atoms. The van der Waals surface area contributed by atoms with Gasteiger partial charge < -0.3 is 29.2 Å². The second-order valence-corrected chi connectivity index (χ2v) is 10.9. The van der Waals surface area contributed by atoms with Crippen molar-refractivity contribution in [3.63, 3.8) is 0 Å². The van der Waals surface area contributed by atoms with Crippen LogP contribution in [0.2, 0.25) is 5.02 Å². The molecule has 2 aliphatic heterocycles. The van der Waals surface area contributed by atoms with Crippen LogP contribution in [0, 0.1) is 10.1 Å². The van der Waals surface area contributed by atoms with Gasteiger partial charge in [0.1, 0.15) is 37.0 Å². The van der Waals surface area contributed by atoms with E-state index in [4.69, 9.17) is 25.8 Å². The Kier molecular flexibility index (Phi) is 8.43. The summed E-state index contributed by atoms with van der Waals surface area (Å²) in [5.41, 5.74) is 3.49. The fraction of sp³-hybridized carbons (Fsp3) is 0.323. The molecule has 3 aromatic carbocycles. The summed E-state index contributed by atoms with van der Waals surface area (Å²) in [7, 11) is 0. The van der Waals surface area contributed by atoms with E-state index in [2.05, 4.69) is 39.0 Å². The first kappa shape index (κ1) is 27.9. The van der Waals surface area contributed by atoms with Crippen LogP contribution in [0.15, 0.2) is 79.0 Å². The quantitative estimate of drug-likeness (QED) is 0.175. The third-order valence-corrected chi connectivity index (χ3v) is 7.76. The number of benzene rings is 3. The highest BCUT2D eigenvalue weighted by Crippen LogP contribution is 2.26. The molecule has 6 rings (SSSR count). The van der Waals surface area contributed by atoms with E-state index >= 15 is 0 Å². The summed E-state index contributed by atoms with van der Waals surface area (Å²) in [6.07, 6.45) is 1.90. The van der Waals surface area contributed by atoms with Gasteiger partial charge in [-0.15, -0.1) is 0 Å².